The molecule has 6 nitrogen and oxygen atoms in total. The highest BCUT2D eigenvalue weighted by Crippen LogP contribution is 1.98. The van der Waals surface area contributed by atoms with E-state index in [9.17, 15) is 0 Å². The summed E-state index contributed by atoms with van der Waals surface area (Å²) in [5.74, 6) is -2.63. The van der Waals surface area contributed by atoms with Crippen LogP contribution in [0.15, 0.2) is 0 Å². The molecule has 0 bridgehead atoms. The van der Waals surface area contributed by atoms with Gasteiger partial charge in [-0.3, -0.25) is 5.32 Å². The molecule has 12 heavy (non-hydrogen) atoms. The minimum atomic E-state index is -2.63. The van der Waals surface area contributed by atoms with Crippen LogP contribution >= 0.6 is 0 Å². The second-order valence-corrected chi connectivity index (χ2v) is 2.52. The first kappa shape index (κ1) is 11.8. The molecular formula is C6H16N2O4. The van der Waals surface area contributed by atoms with E-state index in [0.717, 1.165) is 6.42 Å². The second kappa shape index (κ2) is 5.41. The van der Waals surface area contributed by atoms with Crippen LogP contribution < -0.4 is 11.1 Å². The van der Waals surface area contributed by atoms with E-state index in [2.05, 4.69) is 5.32 Å². The van der Waals surface area contributed by atoms with Gasteiger partial charge < -0.3 is 26.2 Å². The first-order chi connectivity index (χ1) is 5.50. The molecule has 0 rings (SSSR count). The molecule has 0 aliphatic rings. The van der Waals surface area contributed by atoms with Gasteiger partial charge in [0.2, 0.25) is 6.29 Å². The van der Waals surface area contributed by atoms with Crippen LogP contribution in [-0.2, 0) is 0 Å². The minimum Gasteiger partial charge on any atom is -0.363 e. The van der Waals surface area contributed by atoms with E-state index >= 15 is 0 Å². The van der Waals surface area contributed by atoms with Crippen molar-refractivity contribution in [3.63, 3.8) is 0 Å². The number of nitrogens with one attached hydrogen (secondary N) is 1. The average molecular weight is 180 g/mol. The number of nitrogens with two attached hydrogens (primary N) is 1. The molecule has 6 heteroatoms. The van der Waals surface area contributed by atoms with E-state index in [1.54, 1.807) is 0 Å². The molecule has 7 N–H and O–H groups in total. The number of aliphatic hydroxyl groups excluding tert-OH is 1. The van der Waals surface area contributed by atoms with E-state index in [1.807, 2.05) is 0 Å². The van der Waals surface area contributed by atoms with E-state index in [0.29, 0.717) is 13.0 Å². The van der Waals surface area contributed by atoms with Crippen molar-refractivity contribution in [1.29, 1.82) is 0 Å². The minimum absolute atomic E-state index is 0.266. The highest BCUT2D eigenvalue weighted by atomic mass is 16.6. The lowest BCUT2D eigenvalue weighted by Crippen LogP contribution is -2.54. The van der Waals surface area contributed by atoms with Gasteiger partial charge in [0, 0.05) is 6.54 Å². The average Bonchev–Trinajstić information content (AvgIpc) is 1.98. The molecule has 0 saturated carbocycles. The summed E-state index contributed by atoms with van der Waals surface area (Å²) in [4.78, 5) is 0. The quantitative estimate of drug-likeness (QED) is 0.195. The maximum atomic E-state index is 8.80. The van der Waals surface area contributed by atoms with Crippen molar-refractivity contribution >= 4 is 0 Å². The summed E-state index contributed by atoms with van der Waals surface area (Å²) < 4.78 is 0. The lowest BCUT2D eigenvalue weighted by molar-refractivity contribution is -0.305. The van der Waals surface area contributed by atoms with Crippen molar-refractivity contribution in [2.45, 2.75) is 25.0 Å². The van der Waals surface area contributed by atoms with Gasteiger partial charge in [-0.15, -0.1) is 0 Å². The van der Waals surface area contributed by atoms with Gasteiger partial charge in [0.05, 0.1) is 0 Å². The van der Waals surface area contributed by atoms with E-state index in [4.69, 9.17) is 26.2 Å². The maximum Gasteiger partial charge on any atom is 0.276 e. The highest BCUT2D eigenvalue weighted by molar-refractivity contribution is 4.63. The molecule has 0 unspecified atom stereocenters. The normalized spacial score (nSPS) is 12.5. The van der Waals surface area contributed by atoms with Crippen molar-refractivity contribution in [3.8, 4) is 0 Å². The van der Waals surface area contributed by atoms with E-state index in [1.165, 1.54) is 0 Å². The Balaban J connectivity index is 3.47. The predicted octanol–water partition coefficient (Wildman–Crippen LogP) is -2.74. The fourth-order valence-corrected chi connectivity index (χ4v) is 0.633. The topological polar surface area (TPSA) is 119 Å². The van der Waals surface area contributed by atoms with E-state index in [-0.39, 0.29) is 6.54 Å². The van der Waals surface area contributed by atoms with Crippen molar-refractivity contribution in [2.75, 3.05) is 13.1 Å². The summed E-state index contributed by atoms with van der Waals surface area (Å²) in [5.41, 5.74) is 5.19. The largest absolute Gasteiger partial charge is 0.363 e. The molecule has 0 aliphatic heterocycles. The van der Waals surface area contributed by atoms with Crippen LogP contribution in [0.25, 0.3) is 0 Å². The molecule has 0 heterocycles. The summed E-state index contributed by atoms with van der Waals surface area (Å²) in [6.07, 6.45) is -0.827. The van der Waals surface area contributed by atoms with Crippen LogP contribution in [0.1, 0.15) is 12.8 Å². The molecule has 0 saturated heterocycles. The highest BCUT2D eigenvalue weighted by Gasteiger charge is 2.30. The van der Waals surface area contributed by atoms with Crippen molar-refractivity contribution < 1.29 is 20.4 Å². The zero-order chi connectivity index (χ0) is 9.61. The summed E-state index contributed by atoms with van der Waals surface area (Å²) in [6, 6.07) is 0. The van der Waals surface area contributed by atoms with Crippen molar-refractivity contribution in [1.82, 2.24) is 5.32 Å². The summed E-state index contributed by atoms with van der Waals surface area (Å²) in [7, 11) is 0. The first-order valence-corrected chi connectivity index (χ1v) is 3.76. The Kier molecular flexibility index (Phi) is 5.31. The Hall–Kier alpha value is -0.240. The zero-order valence-electron chi connectivity index (χ0n) is 6.77. The number of aliphatic hydroxyl groups is 4. The Labute approximate surface area is 70.6 Å². The Morgan fingerprint density at radius 2 is 1.83 bits per heavy atom. The molecule has 0 aliphatic carbocycles. The smallest absolute Gasteiger partial charge is 0.276 e. The molecule has 0 spiro atoms. The van der Waals surface area contributed by atoms with Gasteiger partial charge in [0.15, 0.2) is 0 Å². The number of hydrogen-bond donors (Lipinski definition) is 6. The van der Waals surface area contributed by atoms with Gasteiger partial charge in [0.1, 0.15) is 0 Å². The summed E-state index contributed by atoms with van der Waals surface area (Å²) in [5, 5.41) is 36.6. The third kappa shape index (κ3) is 4.60. The third-order valence-electron chi connectivity index (χ3n) is 1.38. The Bertz CT molecular complexity index is 118. The van der Waals surface area contributed by atoms with E-state index < -0.39 is 12.2 Å². The molecule has 0 fully saturated rings. The Morgan fingerprint density at radius 3 is 2.25 bits per heavy atom. The third-order valence-corrected chi connectivity index (χ3v) is 1.38. The van der Waals surface area contributed by atoms with Crippen molar-refractivity contribution in [3.05, 3.63) is 0 Å². The number of rotatable bonds is 6. The lowest BCUT2D eigenvalue weighted by Gasteiger charge is -2.24. The molecule has 74 valence electrons. The Morgan fingerprint density at radius 1 is 1.25 bits per heavy atom. The summed E-state index contributed by atoms with van der Waals surface area (Å²) in [6.45, 7) is 0.787. The molecule has 0 radical (unpaired) electrons. The van der Waals surface area contributed by atoms with Crippen LogP contribution in [0.2, 0.25) is 0 Å². The zero-order valence-corrected chi connectivity index (χ0v) is 6.77. The molecule has 0 aromatic carbocycles. The SMILES string of the molecule is NCCCCNC(O)(O)C(O)O. The lowest BCUT2D eigenvalue weighted by atomic mass is 10.3. The first-order valence-electron chi connectivity index (χ1n) is 3.76. The van der Waals surface area contributed by atoms with Crippen LogP contribution in [0.3, 0.4) is 0 Å². The van der Waals surface area contributed by atoms with Crippen LogP contribution in [0, 0.1) is 0 Å². The molecule has 0 aromatic heterocycles. The number of unbranched alkanes of at least 4 members (excludes halogenated alkanes) is 1. The van der Waals surface area contributed by atoms with Crippen LogP contribution in [-0.4, -0.2) is 45.7 Å². The molecule has 0 atom stereocenters. The van der Waals surface area contributed by atoms with Gasteiger partial charge >= 0.3 is 0 Å². The van der Waals surface area contributed by atoms with Crippen LogP contribution in [0.5, 0.6) is 0 Å². The molecule has 0 amide bonds. The van der Waals surface area contributed by atoms with Crippen molar-refractivity contribution in [2.24, 2.45) is 5.73 Å². The second-order valence-electron chi connectivity index (χ2n) is 2.52. The van der Waals surface area contributed by atoms with Gasteiger partial charge in [-0.1, -0.05) is 0 Å². The standard InChI is InChI=1S/C6H16N2O4/c7-3-1-2-4-8-6(11,12)5(9)10/h5,8-12H,1-4,7H2. The van der Waals surface area contributed by atoms with Crippen LogP contribution in [0.4, 0.5) is 0 Å². The van der Waals surface area contributed by atoms with Gasteiger partial charge in [-0.25, -0.2) is 0 Å². The van der Waals surface area contributed by atoms with Gasteiger partial charge in [-0.05, 0) is 19.4 Å². The fourth-order valence-electron chi connectivity index (χ4n) is 0.633. The fraction of sp³-hybridized carbons (Fsp3) is 1.00. The monoisotopic (exact) mass is 180 g/mol. The summed E-state index contributed by atoms with van der Waals surface area (Å²) >= 11 is 0. The maximum absolute atomic E-state index is 8.80. The molecular weight excluding hydrogens is 164 g/mol. The molecule has 0 aromatic rings. The predicted molar refractivity (Wildman–Crippen MR) is 41.7 cm³/mol. The van der Waals surface area contributed by atoms with Gasteiger partial charge in [0.25, 0.3) is 5.91 Å². The van der Waals surface area contributed by atoms with Gasteiger partial charge in [-0.2, -0.15) is 0 Å². The number of hydrogen-bond acceptors (Lipinski definition) is 6.